The van der Waals surface area contributed by atoms with Crippen molar-refractivity contribution in [1.29, 1.82) is 0 Å². The highest BCUT2D eigenvalue weighted by Gasteiger charge is 2.70. The van der Waals surface area contributed by atoms with Gasteiger partial charge in [0, 0.05) is 13.1 Å². The molecular weight excluding hydrogens is 646 g/mol. The summed E-state index contributed by atoms with van der Waals surface area (Å²) in [5.74, 6) is -2.53. The van der Waals surface area contributed by atoms with Gasteiger partial charge in [0.05, 0.1) is 22.1 Å². The third kappa shape index (κ3) is 9.64. The van der Waals surface area contributed by atoms with E-state index in [0.717, 1.165) is 12.8 Å². The first kappa shape index (κ1) is 40.5. The monoisotopic (exact) mass is 707 g/mol. The number of nitrogens with zero attached hydrogens (tertiary/aromatic N) is 1. The van der Waals surface area contributed by atoms with Crippen LogP contribution in [0.2, 0.25) is 0 Å². The highest BCUT2D eigenvalue weighted by molar-refractivity contribution is 7.92. The summed E-state index contributed by atoms with van der Waals surface area (Å²) in [4.78, 5) is 69.4. The van der Waals surface area contributed by atoms with Gasteiger partial charge in [0.2, 0.25) is 17.6 Å². The zero-order valence-electron chi connectivity index (χ0n) is 31.5. The van der Waals surface area contributed by atoms with Crippen LogP contribution in [0.3, 0.4) is 0 Å². The SMILES string of the molecule is C=CCNC(=O)C(=O)C(CC1CC1)NC(=O)[C@@H]1[C@@H]2C(CN1C(=O)[C@@H](NC(=O)N[C@@](C)(CC(C)C)CS(=O)(=O)C(C)(C)C)C(C)(C)C)C2(C)C. The minimum Gasteiger partial charge on any atom is -0.346 e. The summed E-state index contributed by atoms with van der Waals surface area (Å²) >= 11 is 0. The van der Waals surface area contributed by atoms with Crippen LogP contribution in [-0.4, -0.2) is 90.1 Å². The van der Waals surface area contributed by atoms with E-state index in [-0.39, 0.29) is 41.4 Å². The van der Waals surface area contributed by atoms with Gasteiger partial charge in [-0.1, -0.05) is 67.4 Å². The van der Waals surface area contributed by atoms with Crippen LogP contribution < -0.4 is 21.3 Å². The van der Waals surface area contributed by atoms with Crippen molar-refractivity contribution in [3.63, 3.8) is 0 Å². The van der Waals surface area contributed by atoms with E-state index in [1.807, 2.05) is 48.5 Å². The molecule has 0 bridgehead atoms. The lowest BCUT2D eigenvalue weighted by Gasteiger charge is -2.39. The summed E-state index contributed by atoms with van der Waals surface area (Å²) in [5, 5.41) is 11.1. The van der Waals surface area contributed by atoms with Crippen LogP contribution in [0.4, 0.5) is 4.79 Å². The maximum absolute atomic E-state index is 14.4. The summed E-state index contributed by atoms with van der Waals surface area (Å²) in [6, 6.07) is -3.64. The van der Waals surface area contributed by atoms with Crippen LogP contribution >= 0.6 is 0 Å². The van der Waals surface area contributed by atoms with Gasteiger partial charge in [-0.3, -0.25) is 19.2 Å². The second-order valence-corrected chi connectivity index (χ2v) is 20.7. The quantitative estimate of drug-likeness (QED) is 0.149. The maximum atomic E-state index is 14.4. The van der Waals surface area contributed by atoms with E-state index in [1.165, 1.54) is 11.0 Å². The van der Waals surface area contributed by atoms with Gasteiger partial charge in [0.15, 0.2) is 9.84 Å². The third-order valence-electron chi connectivity index (χ3n) is 10.4. The number of ketones is 1. The molecule has 3 aliphatic rings. The fourth-order valence-electron chi connectivity index (χ4n) is 7.34. The highest BCUT2D eigenvalue weighted by atomic mass is 32.2. The Morgan fingerprint density at radius 3 is 2.06 bits per heavy atom. The number of carbonyl (C=O) groups is 5. The number of urea groups is 1. The lowest BCUT2D eigenvalue weighted by molar-refractivity contribution is -0.145. The van der Waals surface area contributed by atoms with Gasteiger partial charge < -0.3 is 26.2 Å². The number of nitrogens with one attached hydrogen (secondary N) is 4. The van der Waals surface area contributed by atoms with Crippen LogP contribution in [0.25, 0.3) is 0 Å². The standard InChI is InChI=1S/C36H61N5O7S/c1-13-16-37-30(44)27(42)24(17-22-14-15-22)38-29(43)26-25-23(35(25,10)11)19-41(26)31(45)28(33(4,5)6)39-32(46)40-36(12,18-21(2)3)20-49(47,48)34(7,8)9/h13,21-26,28H,1,14-20H2,2-12H3,(H,37,44)(H,38,43)(H2,39,40,46)/t23?,24?,25-,26-,28+,36-/m0/s1. The molecule has 1 heterocycles. The number of carbonyl (C=O) groups excluding carboxylic acids is 5. The van der Waals surface area contributed by atoms with Crippen molar-refractivity contribution >= 4 is 39.4 Å². The third-order valence-corrected chi connectivity index (χ3v) is 13.3. The molecule has 0 aromatic heterocycles. The number of amides is 5. The van der Waals surface area contributed by atoms with Crippen LogP contribution in [0.5, 0.6) is 0 Å². The number of hydrogen-bond acceptors (Lipinski definition) is 7. The molecule has 0 aromatic rings. The Morgan fingerprint density at radius 2 is 1.57 bits per heavy atom. The molecule has 2 saturated carbocycles. The van der Waals surface area contributed by atoms with Gasteiger partial charge >= 0.3 is 6.03 Å². The fourth-order valence-corrected chi connectivity index (χ4v) is 8.80. The lowest BCUT2D eigenvalue weighted by Crippen LogP contribution is -2.63. The Kier molecular flexibility index (Phi) is 11.8. The van der Waals surface area contributed by atoms with E-state index in [4.69, 9.17) is 0 Å². The van der Waals surface area contributed by atoms with Gasteiger partial charge in [0.1, 0.15) is 12.1 Å². The molecule has 2 unspecified atom stereocenters. The van der Waals surface area contributed by atoms with E-state index in [0.29, 0.717) is 19.4 Å². The Balaban J connectivity index is 1.86. The predicted molar refractivity (Wildman–Crippen MR) is 190 cm³/mol. The van der Waals surface area contributed by atoms with Crippen molar-refractivity contribution in [3.8, 4) is 0 Å². The predicted octanol–water partition coefficient (Wildman–Crippen LogP) is 3.36. The van der Waals surface area contributed by atoms with Crippen molar-refractivity contribution in [1.82, 2.24) is 26.2 Å². The number of hydrogen-bond donors (Lipinski definition) is 4. The van der Waals surface area contributed by atoms with Crippen molar-refractivity contribution in [3.05, 3.63) is 12.7 Å². The van der Waals surface area contributed by atoms with Crippen LogP contribution in [0, 0.1) is 34.5 Å². The number of likely N-dealkylation sites (tertiary alicyclic amines) is 1. The lowest BCUT2D eigenvalue weighted by atomic mass is 9.85. The first-order valence-corrected chi connectivity index (χ1v) is 19.3. The average molecular weight is 708 g/mol. The highest BCUT2D eigenvalue weighted by Crippen LogP contribution is 2.65. The molecule has 278 valence electrons. The van der Waals surface area contributed by atoms with E-state index >= 15 is 0 Å². The molecule has 49 heavy (non-hydrogen) atoms. The van der Waals surface area contributed by atoms with E-state index < -0.39 is 73.2 Å². The Labute approximate surface area is 293 Å². The molecule has 13 heteroatoms. The maximum Gasteiger partial charge on any atom is 0.315 e. The summed E-state index contributed by atoms with van der Waals surface area (Å²) in [6.07, 6.45) is 4.04. The Morgan fingerprint density at radius 1 is 0.980 bits per heavy atom. The van der Waals surface area contributed by atoms with Crippen LogP contribution in [0.15, 0.2) is 12.7 Å². The second-order valence-electron chi connectivity index (χ2n) is 17.9. The molecule has 5 amide bonds. The number of fused-ring (bicyclic) bond motifs is 1. The number of rotatable bonds is 15. The Bertz CT molecular complexity index is 1420. The minimum absolute atomic E-state index is 0.0482. The molecule has 3 fully saturated rings. The molecule has 0 spiro atoms. The topological polar surface area (TPSA) is 171 Å². The zero-order chi connectivity index (χ0) is 37.5. The van der Waals surface area contributed by atoms with E-state index in [2.05, 4.69) is 27.8 Å². The molecular formula is C36H61N5O7S. The summed E-state index contributed by atoms with van der Waals surface area (Å²) < 4.78 is 25.4. The summed E-state index contributed by atoms with van der Waals surface area (Å²) in [6.45, 7) is 24.0. The van der Waals surface area contributed by atoms with Gasteiger partial charge in [-0.15, -0.1) is 6.58 Å². The van der Waals surface area contributed by atoms with Gasteiger partial charge in [-0.2, -0.15) is 0 Å². The molecule has 1 saturated heterocycles. The molecule has 1 aliphatic heterocycles. The van der Waals surface area contributed by atoms with Crippen LogP contribution in [-0.2, 0) is 29.0 Å². The first-order valence-electron chi connectivity index (χ1n) is 17.6. The Hall–Kier alpha value is -2.96. The fraction of sp³-hybridized carbons (Fsp3) is 0.806. The van der Waals surface area contributed by atoms with Crippen LogP contribution in [0.1, 0.15) is 102 Å². The smallest absolute Gasteiger partial charge is 0.315 e. The molecule has 0 aromatic carbocycles. The molecule has 3 rings (SSSR count). The first-order chi connectivity index (χ1) is 22.3. The van der Waals surface area contributed by atoms with Crippen molar-refractivity contribution in [2.45, 2.75) is 130 Å². The second kappa shape index (κ2) is 14.3. The van der Waals surface area contributed by atoms with Crippen molar-refractivity contribution < 1.29 is 32.4 Å². The number of Topliss-reactive ketones (excluding diaryl/α,β-unsaturated/α-hetero) is 1. The van der Waals surface area contributed by atoms with Gasteiger partial charge in [-0.25, -0.2) is 13.2 Å². The molecule has 12 nitrogen and oxygen atoms in total. The normalized spacial score (nSPS) is 24.2. The molecule has 4 N–H and O–H groups in total. The molecule has 0 radical (unpaired) electrons. The average Bonchev–Trinajstić information content (AvgIpc) is 3.78. The van der Waals surface area contributed by atoms with Crippen molar-refractivity contribution in [2.24, 2.45) is 34.5 Å². The summed E-state index contributed by atoms with van der Waals surface area (Å²) in [5.41, 5.74) is -2.11. The van der Waals surface area contributed by atoms with Crippen molar-refractivity contribution in [2.75, 3.05) is 18.8 Å². The van der Waals surface area contributed by atoms with E-state index in [1.54, 1.807) is 27.7 Å². The number of sulfone groups is 1. The van der Waals surface area contributed by atoms with E-state index in [9.17, 15) is 32.4 Å². The van der Waals surface area contributed by atoms with Gasteiger partial charge in [-0.05, 0) is 75.0 Å². The zero-order valence-corrected chi connectivity index (χ0v) is 32.3. The molecule has 6 atom stereocenters. The summed E-state index contributed by atoms with van der Waals surface area (Å²) in [7, 11) is -3.61. The van der Waals surface area contributed by atoms with Gasteiger partial charge in [0.25, 0.3) is 5.91 Å². The molecule has 2 aliphatic carbocycles. The minimum atomic E-state index is -3.61. The largest absolute Gasteiger partial charge is 0.346 e. The number of piperidine rings is 1.